The highest BCUT2D eigenvalue weighted by atomic mass is 16.3. The van der Waals surface area contributed by atoms with E-state index < -0.39 is 0 Å². The van der Waals surface area contributed by atoms with E-state index in [0.717, 1.165) is 99.3 Å². The Kier molecular flexibility index (Phi) is 26.5. The Hall–Kier alpha value is -2.29. The fraction of sp³-hybridized carbons (Fsp3) is 0.735. The van der Waals surface area contributed by atoms with E-state index in [0.29, 0.717) is 22.6 Å². The predicted octanol–water partition coefficient (Wildman–Crippen LogP) is 15.5. The van der Waals surface area contributed by atoms with Crippen LogP contribution >= 0.6 is 0 Å². The van der Waals surface area contributed by atoms with Gasteiger partial charge in [0.1, 0.15) is 11.5 Å². The number of unbranched alkanes of at least 4 members (excludes halogenated alkanes) is 24. The maximum absolute atomic E-state index is 14.4. The molecule has 0 fully saturated rings. The summed E-state index contributed by atoms with van der Waals surface area (Å²) in [4.78, 5) is 14.4. The smallest absolute Gasteiger partial charge is 0.193 e. The van der Waals surface area contributed by atoms with Crippen LogP contribution in [0, 0.1) is 0 Å². The number of hydrogen-bond acceptors (Lipinski definition) is 3. The molecule has 0 bridgehead atoms. The zero-order chi connectivity index (χ0) is 37.7. The Morgan fingerprint density at radius 1 is 0.346 bits per heavy atom. The number of aryl methyl sites for hydroxylation is 4. The van der Waals surface area contributed by atoms with Gasteiger partial charge in [0.15, 0.2) is 5.78 Å². The molecule has 52 heavy (non-hydrogen) atoms. The molecule has 0 atom stereocenters. The van der Waals surface area contributed by atoms with E-state index in [-0.39, 0.29) is 5.78 Å². The first-order chi connectivity index (χ1) is 25.5. The summed E-state index contributed by atoms with van der Waals surface area (Å²) in [5.74, 6) is 0.861. The third-order valence-electron chi connectivity index (χ3n) is 11.3. The number of phenolic OH excluding ortho intramolecular Hbond substituents is 2. The summed E-state index contributed by atoms with van der Waals surface area (Å²) in [6.45, 7) is 9.03. The Morgan fingerprint density at radius 2 is 0.538 bits per heavy atom. The Labute approximate surface area is 322 Å². The molecule has 3 nitrogen and oxygen atoms in total. The molecule has 0 saturated heterocycles. The summed E-state index contributed by atoms with van der Waals surface area (Å²) in [6, 6.07) is 7.95. The SMILES string of the molecule is CCCCCCCCCc1cc(C(=O)c2cc(CCCCCCCCC)c(O)c(CCCCCCCCC)c2)cc(CCCCCCCCC)c1O. The van der Waals surface area contributed by atoms with Gasteiger partial charge in [-0.2, -0.15) is 0 Å². The van der Waals surface area contributed by atoms with Gasteiger partial charge in [-0.15, -0.1) is 0 Å². The summed E-state index contributed by atoms with van der Waals surface area (Å²) in [6.07, 6.45) is 37.7. The second-order valence-electron chi connectivity index (χ2n) is 16.1. The van der Waals surface area contributed by atoms with Crippen LogP contribution in [0.4, 0.5) is 0 Å². The number of rotatable bonds is 34. The first-order valence-electron chi connectivity index (χ1n) is 22.7. The molecular weight excluding hydrogens is 637 g/mol. The predicted molar refractivity (Wildman–Crippen MR) is 226 cm³/mol. The van der Waals surface area contributed by atoms with E-state index in [9.17, 15) is 15.0 Å². The maximum atomic E-state index is 14.4. The topological polar surface area (TPSA) is 57.5 Å². The van der Waals surface area contributed by atoms with Crippen molar-refractivity contribution in [2.75, 3.05) is 0 Å². The molecule has 0 aliphatic rings. The van der Waals surface area contributed by atoms with Crippen molar-refractivity contribution >= 4 is 5.78 Å². The van der Waals surface area contributed by atoms with Gasteiger partial charge in [-0.3, -0.25) is 4.79 Å². The minimum atomic E-state index is 0.0308. The van der Waals surface area contributed by atoms with Crippen LogP contribution < -0.4 is 0 Å². The van der Waals surface area contributed by atoms with Crippen molar-refractivity contribution < 1.29 is 15.0 Å². The molecule has 0 heterocycles. The minimum Gasteiger partial charge on any atom is -0.507 e. The lowest BCUT2D eigenvalue weighted by molar-refractivity contribution is 0.103. The quantitative estimate of drug-likeness (QED) is 0.0559. The maximum Gasteiger partial charge on any atom is 0.193 e. The third kappa shape index (κ3) is 19.2. The Bertz CT molecular complexity index is 1030. The van der Waals surface area contributed by atoms with Gasteiger partial charge in [0.25, 0.3) is 0 Å². The van der Waals surface area contributed by atoms with E-state index in [2.05, 4.69) is 27.7 Å². The number of carbonyl (C=O) groups excluding carboxylic acids is 1. The van der Waals surface area contributed by atoms with Gasteiger partial charge in [0.2, 0.25) is 0 Å². The number of benzene rings is 2. The number of carbonyl (C=O) groups is 1. The van der Waals surface area contributed by atoms with Crippen molar-refractivity contribution in [3.05, 3.63) is 57.6 Å². The summed E-state index contributed by atoms with van der Waals surface area (Å²) in [5.41, 5.74) is 5.13. The first kappa shape index (κ1) is 45.9. The molecule has 0 radical (unpaired) electrons. The van der Waals surface area contributed by atoms with Crippen molar-refractivity contribution in [2.45, 2.75) is 233 Å². The molecule has 2 aromatic carbocycles. The Morgan fingerprint density at radius 3 is 0.750 bits per heavy atom. The van der Waals surface area contributed by atoms with Gasteiger partial charge in [0.05, 0.1) is 0 Å². The van der Waals surface area contributed by atoms with Crippen LogP contribution in [0.15, 0.2) is 24.3 Å². The van der Waals surface area contributed by atoms with Gasteiger partial charge >= 0.3 is 0 Å². The van der Waals surface area contributed by atoms with E-state index in [4.69, 9.17) is 0 Å². The van der Waals surface area contributed by atoms with Crippen molar-refractivity contribution in [3.63, 3.8) is 0 Å². The minimum absolute atomic E-state index is 0.0308. The summed E-state index contributed by atoms with van der Waals surface area (Å²) in [7, 11) is 0. The number of hydrogen-bond donors (Lipinski definition) is 2. The highest BCUT2D eigenvalue weighted by molar-refractivity contribution is 6.09. The highest BCUT2D eigenvalue weighted by Crippen LogP contribution is 2.33. The van der Waals surface area contributed by atoms with Crippen LogP contribution in [-0.2, 0) is 25.7 Å². The van der Waals surface area contributed by atoms with Crippen LogP contribution in [0.1, 0.15) is 246 Å². The molecule has 0 spiro atoms. The lowest BCUT2D eigenvalue weighted by Crippen LogP contribution is -2.07. The zero-order valence-electron chi connectivity index (χ0n) is 34.7. The fourth-order valence-corrected chi connectivity index (χ4v) is 7.80. The van der Waals surface area contributed by atoms with E-state index in [1.165, 1.54) is 128 Å². The summed E-state index contributed by atoms with van der Waals surface area (Å²) < 4.78 is 0. The molecule has 3 heteroatoms. The number of aromatic hydroxyl groups is 2. The van der Waals surface area contributed by atoms with Crippen LogP contribution in [-0.4, -0.2) is 16.0 Å². The lowest BCUT2D eigenvalue weighted by Gasteiger charge is -2.16. The van der Waals surface area contributed by atoms with Gasteiger partial charge < -0.3 is 10.2 Å². The molecule has 0 unspecified atom stereocenters. The largest absolute Gasteiger partial charge is 0.507 e. The first-order valence-corrected chi connectivity index (χ1v) is 22.7. The molecule has 0 saturated carbocycles. The molecule has 0 aliphatic carbocycles. The molecular formula is C49H82O3. The van der Waals surface area contributed by atoms with Gasteiger partial charge in [0, 0.05) is 11.1 Å². The van der Waals surface area contributed by atoms with Gasteiger partial charge in [-0.25, -0.2) is 0 Å². The summed E-state index contributed by atoms with van der Waals surface area (Å²) in [5, 5.41) is 22.9. The summed E-state index contributed by atoms with van der Waals surface area (Å²) >= 11 is 0. The monoisotopic (exact) mass is 719 g/mol. The van der Waals surface area contributed by atoms with Gasteiger partial charge in [-0.1, -0.05) is 182 Å². The van der Waals surface area contributed by atoms with Crippen molar-refractivity contribution in [1.82, 2.24) is 0 Å². The van der Waals surface area contributed by atoms with Crippen LogP contribution in [0.3, 0.4) is 0 Å². The Balaban J connectivity index is 2.29. The molecule has 0 amide bonds. The average molecular weight is 719 g/mol. The molecule has 2 rings (SSSR count). The number of ketones is 1. The molecule has 296 valence electrons. The van der Waals surface area contributed by atoms with Crippen molar-refractivity contribution in [1.29, 1.82) is 0 Å². The zero-order valence-corrected chi connectivity index (χ0v) is 34.7. The third-order valence-corrected chi connectivity index (χ3v) is 11.3. The van der Waals surface area contributed by atoms with Crippen LogP contribution in [0.2, 0.25) is 0 Å². The van der Waals surface area contributed by atoms with E-state index in [1.807, 2.05) is 24.3 Å². The van der Waals surface area contributed by atoms with Crippen molar-refractivity contribution in [3.8, 4) is 11.5 Å². The highest BCUT2D eigenvalue weighted by Gasteiger charge is 2.19. The second kappa shape index (κ2) is 30.1. The van der Waals surface area contributed by atoms with Crippen LogP contribution in [0.25, 0.3) is 0 Å². The normalized spacial score (nSPS) is 11.5. The van der Waals surface area contributed by atoms with E-state index >= 15 is 0 Å². The van der Waals surface area contributed by atoms with Gasteiger partial charge in [-0.05, 0) is 97.9 Å². The lowest BCUT2D eigenvalue weighted by atomic mass is 9.90. The average Bonchev–Trinajstić information content (AvgIpc) is 3.15. The fourth-order valence-electron chi connectivity index (χ4n) is 7.80. The molecule has 0 aromatic heterocycles. The molecule has 2 aromatic rings. The molecule has 0 aliphatic heterocycles. The molecule has 2 N–H and O–H groups in total. The number of phenols is 2. The van der Waals surface area contributed by atoms with E-state index in [1.54, 1.807) is 0 Å². The van der Waals surface area contributed by atoms with Crippen molar-refractivity contribution in [2.24, 2.45) is 0 Å². The standard InChI is InChI=1S/C49H82O3/c1-5-9-13-17-21-25-29-33-41-37-45(38-42(47(41)50)34-30-26-22-18-14-10-6-2)49(52)46-39-43(35-31-27-23-19-15-11-7-3)48(51)44(40-46)36-32-28-24-20-16-12-8-4/h37-40,50-51H,5-36H2,1-4H3. The second-order valence-corrected chi connectivity index (χ2v) is 16.1. The van der Waals surface area contributed by atoms with Crippen LogP contribution in [0.5, 0.6) is 11.5 Å².